The standard InChI is InChI=1S/C28H22ClN5O4S/c1-2-33-26(19-9-11-21(29)12-10-19)30-31-28(33)39-25(27(35)36)15-20-17-32(24-6-4-3-5-23(20)24)16-18-7-13-22(14-8-18)34(37)38/h3-15,17H,2,16H2,1H3,(H,35,36)/b25-15-. The molecule has 0 atom stereocenters. The fourth-order valence-corrected chi connectivity index (χ4v) is 5.28. The van der Waals surface area contributed by atoms with E-state index in [0.29, 0.717) is 29.1 Å². The van der Waals surface area contributed by atoms with Crippen molar-refractivity contribution in [3.63, 3.8) is 0 Å². The maximum Gasteiger partial charge on any atom is 0.342 e. The summed E-state index contributed by atoms with van der Waals surface area (Å²) >= 11 is 7.06. The fraction of sp³-hybridized carbons (Fsp3) is 0.107. The smallest absolute Gasteiger partial charge is 0.342 e. The van der Waals surface area contributed by atoms with Gasteiger partial charge in [0.05, 0.1) is 4.92 Å². The molecule has 0 aliphatic carbocycles. The summed E-state index contributed by atoms with van der Waals surface area (Å²) in [6.45, 7) is 2.97. The average Bonchev–Trinajstić information content (AvgIpc) is 3.50. The second-order valence-corrected chi connectivity index (χ2v) is 10.1. The van der Waals surface area contributed by atoms with Crippen LogP contribution in [0.15, 0.2) is 89.1 Å². The number of nitro groups is 1. The molecule has 2 heterocycles. The van der Waals surface area contributed by atoms with Crippen LogP contribution in [-0.2, 0) is 17.9 Å². The van der Waals surface area contributed by atoms with Crippen molar-refractivity contribution in [1.82, 2.24) is 19.3 Å². The maximum absolute atomic E-state index is 12.3. The molecule has 2 aromatic heterocycles. The third-order valence-electron chi connectivity index (χ3n) is 6.15. The molecule has 0 spiro atoms. The molecule has 0 unspecified atom stereocenters. The molecule has 0 saturated carbocycles. The molecule has 5 aromatic rings. The number of nitrogens with zero attached hydrogens (tertiary/aromatic N) is 5. The Morgan fingerprint density at radius 2 is 1.79 bits per heavy atom. The van der Waals surface area contributed by atoms with Crippen LogP contribution < -0.4 is 0 Å². The molecule has 0 amide bonds. The Bertz CT molecular complexity index is 1710. The summed E-state index contributed by atoms with van der Waals surface area (Å²) in [6.07, 6.45) is 3.53. The zero-order valence-corrected chi connectivity index (χ0v) is 22.3. The second kappa shape index (κ2) is 11.1. The van der Waals surface area contributed by atoms with Gasteiger partial charge in [-0.15, -0.1) is 10.2 Å². The number of carboxylic acids is 1. The van der Waals surface area contributed by atoms with E-state index in [1.807, 2.05) is 58.7 Å². The van der Waals surface area contributed by atoms with E-state index in [4.69, 9.17) is 11.6 Å². The van der Waals surface area contributed by atoms with Gasteiger partial charge in [0.25, 0.3) is 5.69 Å². The van der Waals surface area contributed by atoms with E-state index in [0.717, 1.165) is 39.4 Å². The van der Waals surface area contributed by atoms with Crippen molar-refractivity contribution in [2.45, 2.75) is 25.2 Å². The molecule has 0 aliphatic heterocycles. The lowest BCUT2D eigenvalue weighted by Gasteiger charge is -2.08. The van der Waals surface area contributed by atoms with E-state index >= 15 is 0 Å². The largest absolute Gasteiger partial charge is 0.477 e. The van der Waals surface area contributed by atoms with Gasteiger partial charge in [-0.1, -0.05) is 41.9 Å². The van der Waals surface area contributed by atoms with Gasteiger partial charge >= 0.3 is 5.97 Å². The van der Waals surface area contributed by atoms with E-state index < -0.39 is 10.9 Å². The summed E-state index contributed by atoms with van der Waals surface area (Å²) in [6, 6.07) is 21.3. The van der Waals surface area contributed by atoms with E-state index in [9.17, 15) is 20.0 Å². The van der Waals surface area contributed by atoms with Gasteiger partial charge in [-0.25, -0.2) is 4.79 Å². The number of non-ortho nitro benzene ring substituents is 1. The number of hydrogen-bond acceptors (Lipinski definition) is 6. The predicted molar refractivity (Wildman–Crippen MR) is 152 cm³/mol. The lowest BCUT2D eigenvalue weighted by Crippen LogP contribution is -2.02. The Morgan fingerprint density at radius 1 is 1.08 bits per heavy atom. The zero-order chi connectivity index (χ0) is 27.5. The highest BCUT2D eigenvalue weighted by Crippen LogP contribution is 2.33. The van der Waals surface area contributed by atoms with Crippen LogP contribution in [0.1, 0.15) is 18.1 Å². The molecule has 0 bridgehead atoms. The average molecular weight is 560 g/mol. The number of nitro benzene ring substituents is 1. The Balaban J connectivity index is 1.49. The van der Waals surface area contributed by atoms with Crippen molar-refractivity contribution in [3.8, 4) is 11.4 Å². The van der Waals surface area contributed by atoms with Crippen molar-refractivity contribution in [3.05, 3.63) is 110 Å². The van der Waals surface area contributed by atoms with Gasteiger partial charge in [0, 0.05) is 58.5 Å². The Hall–Kier alpha value is -4.41. The molecule has 39 heavy (non-hydrogen) atoms. The molecule has 1 N–H and O–H groups in total. The monoisotopic (exact) mass is 559 g/mol. The van der Waals surface area contributed by atoms with Gasteiger partial charge in [0.2, 0.25) is 0 Å². The number of thioether (sulfide) groups is 1. The van der Waals surface area contributed by atoms with Crippen molar-refractivity contribution in [1.29, 1.82) is 0 Å². The van der Waals surface area contributed by atoms with Crippen LogP contribution in [-0.4, -0.2) is 35.3 Å². The first-order valence-corrected chi connectivity index (χ1v) is 13.2. The van der Waals surface area contributed by atoms with Crippen LogP contribution in [0.3, 0.4) is 0 Å². The van der Waals surface area contributed by atoms with Crippen LogP contribution in [0.4, 0.5) is 5.69 Å². The maximum atomic E-state index is 12.3. The molecule has 196 valence electrons. The van der Waals surface area contributed by atoms with Crippen molar-refractivity contribution < 1.29 is 14.8 Å². The summed E-state index contributed by atoms with van der Waals surface area (Å²) in [5.41, 5.74) is 3.39. The second-order valence-electron chi connectivity index (χ2n) is 8.63. The van der Waals surface area contributed by atoms with Crippen LogP contribution in [0.2, 0.25) is 5.02 Å². The number of hydrogen-bond donors (Lipinski definition) is 1. The van der Waals surface area contributed by atoms with E-state index in [-0.39, 0.29) is 10.6 Å². The summed E-state index contributed by atoms with van der Waals surface area (Å²) in [5.74, 6) is -0.452. The number of rotatable bonds is 9. The number of para-hydroxylation sites is 1. The Kier molecular flexibility index (Phi) is 7.49. The fourth-order valence-electron chi connectivity index (χ4n) is 4.28. The van der Waals surface area contributed by atoms with Gasteiger partial charge in [0.1, 0.15) is 4.91 Å². The van der Waals surface area contributed by atoms with Crippen molar-refractivity contribution >= 4 is 52.0 Å². The summed E-state index contributed by atoms with van der Waals surface area (Å²) < 4.78 is 3.86. The molecule has 0 radical (unpaired) electrons. The predicted octanol–water partition coefficient (Wildman–Crippen LogP) is 6.75. The summed E-state index contributed by atoms with van der Waals surface area (Å²) in [5, 5.41) is 31.6. The highest BCUT2D eigenvalue weighted by atomic mass is 35.5. The molecule has 9 nitrogen and oxygen atoms in total. The third kappa shape index (κ3) is 5.57. The molecule has 11 heteroatoms. The van der Waals surface area contributed by atoms with Crippen molar-refractivity contribution in [2.24, 2.45) is 0 Å². The minimum absolute atomic E-state index is 0.0296. The highest BCUT2D eigenvalue weighted by Gasteiger charge is 2.19. The number of fused-ring (bicyclic) bond motifs is 1. The number of carbonyl (C=O) groups is 1. The number of aliphatic carboxylic acids is 1. The first-order valence-electron chi connectivity index (χ1n) is 12.0. The normalized spacial score (nSPS) is 11.7. The molecular formula is C28H22ClN5O4S. The van der Waals surface area contributed by atoms with Crippen LogP contribution in [0.25, 0.3) is 28.4 Å². The first kappa shape index (κ1) is 26.2. The SMILES string of the molecule is CCn1c(S/C(=C\c2cn(Cc3ccc([N+](=O)[O-])cc3)c3ccccc23)C(=O)O)nnc1-c1ccc(Cl)cc1. The van der Waals surface area contributed by atoms with Gasteiger partial charge in [-0.2, -0.15) is 0 Å². The van der Waals surface area contributed by atoms with Crippen LogP contribution in [0.5, 0.6) is 0 Å². The quantitative estimate of drug-likeness (QED) is 0.0918. The van der Waals surface area contributed by atoms with E-state index in [2.05, 4.69) is 10.2 Å². The topological polar surface area (TPSA) is 116 Å². The Labute approximate surface area is 232 Å². The first-order chi connectivity index (χ1) is 18.8. The Morgan fingerprint density at radius 3 is 2.46 bits per heavy atom. The zero-order valence-electron chi connectivity index (χ0n) is 20.7. The minimum atomic E-state index is -1.08. The lowest BCUT2D eigenvalue weighted by molar-refractivity contribution is -0.384. The van der Waals surface area contributed by atoms with E-state index in [1.54, 1.807) is 30.3 Å². The molecule has 0 saturated heterocycles. The third-order valence-corrected chi connectivity index (χ3v) is 7.40. The molecule has 3 aromatic carbocycles. The number of carboxylic acid groups (broad SMARTS) is 1. The molecule has 0 aliphatic rings. The van der Waals surface area contributed by atoms with Gasteiger partial charge in [-0.05, 0) is 60.7 Å². The molecular weight excluding hydrogens is 538 g/mol. The highest BCUT2D eigenvalue weighted by molar-refractivity contribution is 8.04. The van der Waals surface area contributed by atoms with Crippen LogP contribution >= 0.6 is 23.4 Å². The van der Waals surface area contributed by atoms with Gasteiger partial charge in [0.15, 0.2) is 11.0 Å². The van der Waals surface area contributed by atoms with Gasteiger partial charge < -0.3 is 14.2 Å². The number of benzene rings is 3. The van der Waals surface area contributed by atoms with E-state index in [1.165, 1.54) is 12.1 Å². The summed E-state index contributed by atoms with van der Waals surface area (Å²) in [7, 11) is 0. The molecule has 5 rings (SSSR count). The minimum Gasteiger partial charge on any atom is -0.477 e. The van der Waals surface area contributed by atoms with Crippen molar-refractivity contribution in [2.75, 3.05) is 0 Å². The number of aromatic nitrogens is 4. The van der Waals surface area contributed by atoms with Crippen LogP contribution in [0, 0.1) is 10.1 Å². The summed E-state index contributed by atoms with van der Waals surface area (Å²) in [4.78, 5) is 23.0. The lowest BCUT2D eigenvalue weighted by atomic mass is 10.1. The van der Waals surface area contributed by atoms with Gasteiger partial charge in [-0.3, -0.25) is 10.1 Å². The molecule has 0 fully saturated rings. The number of halogens is 1.